The molecule has 0 aliphatic heterocycles. The average molecular weight is 236 g/mol. The van der Waals surface area contributed by atoms with Crippen molar-refractivity contribution < 1.29 is 9.53 Å². The lowest BCUT2D eigenvalue weighted by Crippen LogP contribution is -2.00. The summed E-state index contributed by atoms with van der Waals surface area (Å²) in [6.07, 6.45) is 0. The van der Waals surface area contributed by atoms with Gasteiger partial charge in [-0.3, -0.25) is 0 Å². The smallest absolute Gasteiger partial charge is 0.339 e. The average Bonchev–Trinajstić information content (AvgIpc) is 2.57. The third kappa shape index (κ3) is 1.46. The summed E-state index contributed by atoms with van der Waals surface area (Å²) < 4.78 is 4.90. The first-order chi connectivity index (χ1) is 8.83. The first-order valence-electron chi connectivity index (χ1n) is 5.80. The minimum atomic E-state index is -0.285. The lowest BCUT2D eigenvalue weighted by atomic mass is 10.1. The molecule has 0 fully saturated rings. The highest BCUT2D eigenvalue weighted by Crippen LogP contribution is 2.38. The van der Waals surface area contributed by atoms with Crippen LogP contribution in [0.1, 0.15) is 10.4 Å². The normalized spacial score (nSPS) is 10.7. The van der Waals surface area contributed by atoms with E-state index in [0.717, 1.165) is 21.9 Å². The van der Waals surface area contributed by atoms with Gasteiger partial charge in [-0.15, -0.1) is 0 Å². The molecule has 0 radical (unpaired) electrons. The third-order valence-corrected chi connectivity index (χ3v) is 3.18. The molecule has 1 aromatic carbocycles. The van der Waals surface area contributed by atoms with Crippen LogP contribution in [0.25, 0.3) is 21.9 Å². The maximum absolute atomic E-state index is 12.0. The number of benzene rings is 1. The molecule has 0 atom stereocenters. The van der Waals surface area contributed by atoms with Gasteiger partial charge in [0.05, 0.1) is 12.7 Å². The Bertz CT molecular complexity index is 701. The molecule has 1 aromatic rings. The van der Waals surface area contributed by atoms with E-state index in [1.165, 1.54) is 7.11 Å². The maximum Gasteiger partial charge on any atom is 0.339 e. The fraction of sp³-hybridized carbons (Fsp3) is 0.0625. The number of carbonyl (C=O) groups is 1. The van der Waals surface area contributed by atoms with Gasteiger partial charge in [0, 0.05) is 0 Å². The van der Waals surface area contributed by atoms with E-state index in [4.69, 9.17) is 4.74 Å². The van der Waals surface area contributed by atoms with Gasteiger partial charge in [-0.1, -0.05) is 54.6 Å². The summed E-state index contributed by atoms with van der Waals surface area (Å²) in [5.74, 6) is -0.285. The van der Waals surface area contributed by atoms with E-state index in [-0.39, 0.29) is 5.97 Å². The topological polar surface area (TPSA) is 26.3 Å². The molecule has 3 rings (SSSR count). The van der Waals surface area contributed by atoms with Crippen molar-refractivity contribution in [2.45, 2.75) is 0 Å². The van der Waals surface area contributed by atoms with E-state index >= 15 is 0 Å². The van der Waals surface area contributed by atoms with Crippen molar-refractivity contribution in [1.82, 2.24) is 0 Å². The van der Waals surface area contributed by atoms with E-state index in [0.29, 0.717) is 5.56 Å². The number of hydrogen-bond acceptors (Lipinski definition) is 2. The molecule has 0 aromatic heterocycles. The van der Waals surface area contributed by atoms with Crippen LogP contribution < -0.4 is 0 Å². The molecule has 2 aliphatic rings. The fourth-order valence-electron chi connectivity index (χ4n) is 2.40. The standard InChI is InChI=1S/C16H12O2/c1-18-16(17)15-13-9-4-2-3-7-11(13)12-8-5-6-10-14(12)15/h2-10H,1H3. The molecule has 0 saturated heterocycles. The van der Waals surface area contributed by atoms with E-state index < -0.39 is 0 Å². The molecule has 0 N–H and O–H groups in total. The minimum Gasteiger partial charge on any atom is -0.465 e. The van der Waals surface area contributed by atoms with Crippen molar-refractivity contribution in [3.63, 3.8) is 0 Å². The van der Waals surface area contributed by atoms with Crippen molar-refractivity contribution in [3.8, 4) is 11.1 Å². The molecule has 0 unspecified atom stereocenters. The van der Waals surface area contributed by atoms with Crippen LogP contribution in [0.4, 0.5) is 0 Å². The minimum absolute atomic E-state index is 0.285. The Labute approximate surface area is 105 Å². The largest absolute Gasteiger partial charge is 0.465 e. The Morgan fingerprint density at radius 2 is 1.44 bits per heavy atom. The second-order valence-electron chi connectivity index (χ2n) is 4.15. The number of esters is 1. The molecular formula is C16H12O2. The van der Waals surface area contributed by atoms with E-state index in [9.17, 15) is 4.79 Å². The molecular weight excluding hydrogens is 224 g/mol. The van der Waals surface area contributed by atoms with E-state index in [1.54, 1.807) is 0 Å². The van der Waals surface area contributed by atoms with Crippen LogP contribution in [0, 0.1) is 0 Å². The summed E-state index contributed by atoms with van der Waals surface area (Å²) in [7, 11) is 1.42. The highest BCUT2D eigenvalue weighted by atomic mass is 16.5. The summed E-state index contributed by atoms with van der Waals surface area (Å²) in [6, 6.07) is 17.8. The third-order valence-electron chi connectivity index (χ3n) is 3.18. The Kier molecular flexibility index (Phi) is 2.49. The molecule has 0 amide bonds. The fourth-order valence-corrected chi connectivity index (χ4v) is 2.40. The van der Waals surface area contributed by atoms with Crippen LogP contribution in [0.5, 0.6) is 0 Å². The summed E-state index contributed by atoms with van der Waals surface area (Å²) in [6.45, 7) is 0. The van der Waals surface area contributed by atoms with Crippen LogP contribution in [0.15, 0.2) is 54.6 Å². The van der Waals surface area contributed by atoms with Gasteiger partial charge < -0.3 is 4.74 Å². The Morgan fingerprint density at radius 3 is 2.17 bits per heavy atom. The van der Waals surface area contributed by atoms with Crippen LogP contribution in [0.3, 0.4) is 0 Å². The van der Waals surface area contributed by atoms with Crippen molar-refractivity contribution in [1.29, 1.82) is 0 Å². The maximum atomic E-state index is 12.0. The summed E-state index contributed by atoms with van der Waals surface area (Å²) in [5.41, 5.74) is 2.67. The van der Waals surface area contributed by atoms with Crippen LogP contribution in [0.2, 0.25) is 0 Å². The van der Waals surface area contributed by atoms with Gasteiger partial charge in [0.1, 0.15) is 0 Å². The zero-order chi connectivity index (χ0) is 12.5. The zero-order valence-electron chi connectivity index (χ0n) is 10.0. The lowest BCUT2D eigenvalue weighted by molar-refractivity contribution is 0.0604. The van der Waals surface area contributed by atoms with Gasteiger partial charge >= 0.3 is 5.97 Å². The number of rotatable bonds is 1. The second-order valence-corrected chi connectivity index (χ2v) is 4.15. The lowest BCUT2D eigenvalue weighted by Gasteiger charge is -1.99. The molecule has 88 valence electrons. The quantitative estimate of drug-likeness (QED) is 0.602. The number of methoxy groups -OCH3 is 1. The van der Waals surface area contributed by atoms with Crippen molar-refractivity contribution in [2.75, 3.05) is 7.11 Å². The van der Waals surface area contributed by atoms with E-state index in [2.05, 4.69) is 0 Å². The molecule has 2 nitrogen and oxygen atoms in total. The van der Waals surface area contributed by atoms with Crippen LogP contribution in [-0.2, 0) is 4.74 Å². The van der Waals surface area contributed by atoms with Gasteiger partial charge in [-0.25, -0.2) is 4.79 Å². The molecule has 0 bridgehead atoms. The first-order valence-corrected chi connectivity index (χ1v) is 5.80. The van der Waals surface area contributed by atoms with Crippen molar-refractivity contribution in [3.05, 3.63) is 60.2 Å². The molecule has 0 heterocycles. The van der Waals surface area contributed by atoms with Crippen LogP contribution in [-0.4, -0.2) is 13.1 Å². The highest BCUT2D eigenvalue weighted by Gasteiger charge is 2.21. The number of carbonyl (C=O) groups excluding carboxylic acids is 1. The molecule has 0 spiro atoms. The molecule has 2 aliphatic carbocycles. The Hall–Kier alpha value is -2.35. The number of hydrogen-bond donors (Lipinski definition) is 0. The monoisotopic (exact) mass is 236 g/mol. The Balaban J connectivity index is 2.49. The zero-order valence-corrected chi connectivity index (χ0v) is 10.0. The number of ether oxygens (including phenoxy) is 1. The van der Waals surface area contributed by atoms with Crippen molar-refractivity contribution in [2.24, 2.45) is 0 Å². The Morgan fingerprint density at radius 1 is 0.833 bits per heavy atom. The van der Waals surface area contributed by atoms with Gasteiger partial charge in [0.25, 0.3) is 0 Å². The van der Waals surface area contributed by atoms with E-state index in [1.807, 2.05) is 54.6 Å². The molecule has 2 heteroatoms. The second kappa shape index (κ2) is 4.15. The number of fused-ring (bicyclic) bond motifs is 3. The summed E-state index contributed by atoms with van der Waals surface area (Å²) >= 11 is 0. The predicted molar refractivity (Wildman–Crippen MR) is 71.9 cm³/mol. The van der Waals surface area contributed by atoms with Gasteiger partial charge in [0.15, 0.2) is 0 Å². The molecule has 0 saturated carbocycles. The van der Waals surface area contributed by atoms with Gasteiger partial charge in [0.2, 0.25) is 0 Å². The first kappa shape index (κ1) is 10.8. The summed E-state index contributed by atoms with van der Waals surface area (Å²) in [5, 5.41) is 2.04. The van der Waals surface area contributed by atoms with Crippen molar-refractivity contribution >= 4 is 16.7 Å². The van der Waals surface area contributed by atoms with Gasteiger partial charge in [-0.05, 0) is 21.9 Å². The van der Waals surface area contributed by atoms with Crippen LogP contribution >= 0.6 is 0 Å². The predicted octanol–water partition coefficient (Wildman–Crippen LogP) is 3.73. The highest BCUT2D eigenvalue weighted by molar-refractivity contribution is 6.17. The van der Waals surface area contributed by atoms with Gasteiger partial charge in [-0.2, -0.15) is 0 Å². The SMILES string of the molecule is COC(=O)c1c2cccccc-2c2ccccc12. The summed E-state index contributed by atoms with van der Waals surface area (Å²) in [4.78, 5) is 12.0. The molecule has 18 heavy (non-hydrogen) atoms.